The first-order chi connectivity index (χ1) is 9.70. The van der Waals surface area contributed by atoms with Crippen molar-refractivity contribution in [3.05, 3.63) is 35.6 Å². The number of nitrogens with one attached hydrogen (secondary N) is 1. The van der Waals surface area contributed by atoms with Gasteiger partial charge in [0.25, 0.3) is 0 Å². The number of ether oxygens (including phenoxy) is 2. The molecule has 1 fully saturated rings. The summed E-state index contributed by atoms with van der Waals surface area (Å²) < 4.78 is 23.9. The molecule has 0 aromatic heterocycles. The van der Waals surface area contributed by atoms with E-state index in [1.54, 1.807) is 19.1 Å². The molecule has 4 nitrogen and oxygen atoms in total. The Morgan fingerprint density at radius 3 is 3.10 bits per heavy atom. The first-order valence-corrected chi connectivity index (χ1v) is 6.97. The van der Waals surface area contributed by atoms with Gasteiger partial charge in [-0.3, -0.25) is 5.32 Å². The van der Waals surface area contributed by atoms with Crippen LogP contribution in [0, 0.1) is 5.82 Å². The van der Waals surface area contributed by atoms with Gasteiger partial charge >= 0.3 is 5.97 Å². The second-order valence-corrected chi connectivity index (χ2v) is 4.78. The lowest BCUT2D eigenvalue weighted by molar-refractivity contribution is -0.146. The van der Waals surface area contributed by atoms with E-state index < -0.39 is 12.0 Å². The van der Waals surface area contributed by atoms with Crippen molar-refractivity contribution in [2.75, 3.05) is 19.8 Å². The van der Waals surface area contributed by atoms with E-state index >= 15 is 0 Å². The molecule has 0 saturated carbocycles. The van der Waals surface area contributed by atoms with Crippen molar-refractivity contribution < 1.29 is 18.7 Å². The zero-order valence-corrected chi connectivity index (χ0v) is 11.6. The van der Waals surface area contributed by atoms with Gasteiger partial charge in [-0.05, 0) is 37.5 Å². The highest BCUT2D eigenvalue weighted by Gasteiger charge is 2.24. The van der Waals surface area contributed by atoms with Crippen molar-refractivity contribution in [1.82, 2.24) is 5.32 Å². The monoisotopic (exact) mass is 281 g/mol. The summed E-state index contributed by atoms with van der Waals surface area (Å²) in [6.07, 6.45) is 2.13. The first-order valence-electron chi connectivity index (χ1n) is 6.97. The van der Waals surface area contributed by atoms with E-state index in [0.29, 0.717) is 18.7 Å². The van der Waals surface area contributed by atoms with E-state index in [0.717, 1.165) is 19.4 Å². The molecule has 1 saturated heterocycles. The first kappa shape index (κ1) is 14.9. The number of rotatable bonds is 6. The summed E-state index contributed by atoms with van der Waals surface area (Å²) in [6, 6.07) is 5.35. The summed E-state index contributed by atoms with van der Waals surface area (Å²) in [4.78, 5) is 12.0. The molecule has 0 radical (unpaired) electrons. The van der Waals surface area contributed by atoms with Crippen LogP contribution < -0.4 is 5.32 Å². The number of benzene rings is 1. The summed E-state index contributed by atoms with van der Waals surface area (Å²) in [6.45, 7) is 3.36. The SMILES string of the molecule is CCOC(=O)C(NCC1CCCO1)c1cccc(F)c1. The molecule has 110 valence electrons. The Morgan fingerprint density at radius 1 is 1.60 bits per heavy atom. The van der Waals surface area contributed by atoms with Gasteiger partial charge in [-0.25, -0.2) is 9.18 Å². The van der Waals surface area contributed by atoms with Gasteiger partial charge in [0, 0.05) is 13.2 Å². The van der Waals surface area contributed by atoms with Crippen molar-refractivity contribution in [2.24, 2.45) is 0 Å². The Bertz CT molecular complexity index is 446. The second-order valence-electron chi connectivity index (χ2n) is 4.78. The fourth-order valence-electron chi connectivity index (χ4n) is 2.30. The summed E-state index contributed by atoms with van der Waals surface area (Å²) in [5.41, 5.74) is 0.571. The van der Waals surface area contributed by atoms with Crippen molar-refractivity contribution in [1.29, 1.82) is 0 Å². The van der Waals surface area contributed by atoms with Crippen LogP contribution >= 0.6 is 0 Å². The molecular formula is C15H20FNO3. The zero-order chi connectivity index (χ0) is 14.4. The Morgan fingerprint density at radius 2 is 2.45 bits per heavy atom. The van der Waals surface area contributed by atoms with Gasteiger partial charge in [0.05, 0.1) is 12.7 Å². The molecule has 1 aliphatic heterocycles. The van der Waals surface area contributed by atoms with Crippen LogP contribution in [0.15, 0.2) is 24.3 Å². The normalized spacial score (nSPS) is 19.8. The second kappa shape index (κ2) is 7.36. The Kier molecular flexibility index (Phi) is 5.49. The van der Waals surface area contributed by atoms with Gasteiger partial charge in [-0.2, -0.15) is 0 Å². The summed E-state index contributed by atoms with van der Waals surface area (Å²) in [5, 5.41) is 3.12. The quantitative estimate of drug-likeness (QED) is 0.812. The van der Waals surface area contributed by atoms with Crippen LogP contribution in [0.4, 0.5) is 4.39 Å². The standard InChI is InChI=1S/C15H20FNO3/c1-2-19-15(18)14(11-5-3-6-12(16)9-11)17-10-13-7-4-8-20-13/h3,5-6,9,13-14,17H,2,4,7-8,10H2,1H3. The molecule has 0 bridgehead atoms. The van der Waals surface area contributed by atoms with E-state index in [1.165, 1.54) is 12.1 Å². The average Bonchev–Trinajstić information content (AvgIpc) is 2.92. The lowest BCUT2D eigenvalue weighted by Crippen LogP contribution is -2.35. The van der Waals surface area contributed by atoms with Crippen molar-refractivity contribution >= 4 is 5.97 Å². The third kappa shape index (κ3) is 4.02. The highest BCUT2D eigenvalue weighted by molar-refractivity contribution is 5.77. The van der Waals surface area contributed by atoms with Gasteiger partial charge in [0.2, 0.25) is 0 Å². The predicted molar refractivity (Wildman–Crippen MR) is 72.8 cm³/mol. The number of halogens is 1. The lowest BCUT2D eigenvalue weighted by Gasteiger charge is -2.19. The molecule has 1 N–H and O–H groups in total. The van der Waals surface area contributed by atoms with Crippen molar-refractivity contribution in [3.63, 3.8) is 0 Å². The number of carbonyl (C=O) groups excluding carboxylic acids is 1. The van der Waals surface area contributed by atoms with E-state index in [-0.39, 0.29) is 11.9 Å². The third-order valence-electron chi connectivity index (χ3n) is 3.28. The minimum Gasteiger partial charge on any atom is -0.465 e. The van der Waals surface area contributed by atoms with Gasteiger partial charge in [0.15, 0.2) is 0 Å². The molecule has 1 aromatic rings. The lowest BCUT2D eigenvalue weighted by atomic mass is 10.1. The Balaban J connectivity index is 2.05. The summed E-state index contributed by atoms with van der Waals surface area (Å²) in [5.74, 6) is -0.758. The van der Waals surface area contributed by atoms with E-state index in [4.69, 9.17) is 9.47 Å². The van der Waals surface area contributed by atoms with Crippen LogP contribution in [0.2, 0.25) is 0 Å². The minimum absolute atomic E-state index is 0.112. The predicted octanol–water partition coefficient (Wildman–Crippen LogP) is 2.20. The molecule has 2 unspecified atom stereocenters. The van der Waals surface area contributed by atoms with Crippen LogP contribution in [0.5, 0.6) is 0 Å². The smallest absolute Gasteiger partial charge is 0.327 e. The molecule has 1 aromatic carbocycles. The number of hydrogen-bond acceptors (Lipinski definition) is 4. The van der Waals surface area contributed by atoms with E-state index in [9.17, 15) is 9.18 Å². The Hall–Kier alpha value is -1.46. The molecule has 0 aliphatic carbocycles. The van der Waals surface area contributed by atoms with Gasteiger partial charge in [-0.15, -0.1) is 0 Å². The highest BCUT2D eigenvalue weighted by Crippen LogP contribution is 2.18. The molecule has 20 heavy (non-hydrogen) atoms. The third-order valence-corrected chi connectivity index (χ3v) is 3.28. The fourth-order valence-corrected chi connectivity index (χ4v) is 2.30. The maximum atomic E-state index is 13.3. The average molecular weight is 281 g/mol. The van der Waals surface area contributed by atoms with E-state index in [2.05, 4.69) is 5.32 Å². The van der Waals surface area contributed by atoms with Gasteiger partial charge in [-0.1, -0.05) is 12.1 Å². The maximum Gasteiger partial charge on any atom is 0.327 e. The van der Waals surface area contributed by atoms with Crippen molar-refractivity contribution in [2.45, 2.75) is 31.9 Å². The van der Waals surface area contributed by atoms with Crippen molar-refractivity contribution in [3.8, 4) is 0 Å². The molecule has 2 rings (SSSR count). The fraction of sp³-hybridized carbons (Fsp3) is 0.533. The van der Waals surface area contributed by atoms with Crippen LogP contribution in [0.25, 0.3) is 0 Å². The Labute approximate surface area is 118 Å². The van der Waals surface area contributed by atoms with Crippen LogP contribution in [0.1, 0.15) is 31.4 Å². The van der Waals surface area contributed by atoms with E-state index in [1.807, 2.05) is 0 Å². The number of hydrogen-bond donors (Lipinski definition) is 1. The number of carbonyl (C=O) groups is 1. The minimum atomic E-state index is -0.658. The van der Waals surface area contributed by atoms with Gasteiger partial charge in [0.1, 0.15) is 11.9 Å². The summed E-state index contributed by atoms with van der Waals surface area (Å²) >= 11 is 0. The molecule has 1 heterocycles. The molecule has 0 spiro atoms. The highest BCUT2D eigenvalue weighted by atomic mass is 19.1. The van der Waals surface area contributed by atoms with Crippen LogP contribution in [-0.4, -0.2) is 31.8 Å². The number of esters is 1. The van der Waals surface area contributed by atoms with Gasteiger partial charge < -0.3 is 9.47 Å². The molecule has 0 amide bonds. The topological polar surface area (TPSA) is 47.6 Å². The largest absolute Gasteiger partial charge is 0.465 e. The molecule has 2 atom stereocenters. The van der Waals surface area contributed by atoms with Crippen LogP contribution in [0.3, 0.4) is 0 Å². The molecular weight excluding hydrogens is 261 g/mol. The summed E-state index contributed by atoms with van der Waals surface area (Å²) in [7, 11) is 0. The molecule has 1 aliphatic rings. The maximum absolute atomic E-state index is 13.3. The zero-order valence-electron chi connectivity index (χ0n) is 11.6. The molecule has 5 heteroatoms. The van der Waals surface area contributed by atoms with Crippen LogP contribution in [-0.2, 0) is 14.3 Å².